The molecule has 9 nitrogen and oxygen atoms in total. The molecule has 0 spiro atoms. The third-order valence-electron chi connectivity index (χ3n) is 5.96. The number of aromatic hydroxyl groups is 1. The first-order chi connectivity index (χ1) is 16.7. The van der Waals surface area contributed by atoms with Gasteiger partial charge in [-0.2, -0.15) is 13.5 Å². The molecule has 0 saturated carbocycles. The van der Waals surface area contributed by atoms with Crippen LogP contribution in [0.5, 0.6) is 5.75 Å². The maximum atomic E-state index is 14.2. The van der Waals surface area contributed by atoms with E-state index in [4.69, 9.17) is 4.18 Å². The number of likely N-dealkylation sites (tertiary alicyclic amines) is 1. The molecular formula is C24H24FN3O6S. The Hall–Kier alpha value is -3.57. The van der Waals surface area contributed by atoms with Crippen LogP contribution in [-0.2, 0) is 14.3 Å². The minimum absolute atomic E-state index is 0.230. The van der Waals surface area contributed by atoms with Gasteiger partial charge in [0.25, 0.3) is 16.0 Å². The predicted molar refractivity (Wildman–Crippen MR) is 125 cm³/mol. The Labute approximate surface area is 201 Å². The molecule has 4 rings (SSSR count). The fourth-order valence-corrected chi connectivity index (χ4v) is 5.19. The van der Waals surface area contributed by atoms with E-state index in [1.165, 1.54) is 23.1 Å². The molecule has 11 heteroatoms. The molecule has 2 aromatic carbocycles. The number of carbonyl (C=O) groups is 1. The van der Waals surface area contributed by atoms with Crippen molar-refractivity contribution in [3.05, 3.63) is 93.7 Å². The van der Waals surface area contributed by atoms with Crippen molar-refractivity contribution < 1.29 is 26.9 Å². The molecule has 0 aliphatic carbocycles. The molecule has 1 amide bonds. The number of benzene rings is 2. The highest BCUT2D eigenvalue weighted by Crippen LogP contribution is 2.38. The molecule has 0 radical (unpaired) electrons. The fourth-order valence-electron chi connectivity index (χ4n) is 4.55. The summed E-state index contributed by atoms with van der Waals surface area (Å²) in [6.07, 6.45) is 1.55. The summed E-state index contributed by atoms with van der Waals surface area (Å²) in [5, 5.41) is 16.1. The molecule has 2 N–H and O–H groups in total. The monoisotopic (exact) mass is 501 g/mol. The highest BCUT2D eigenvalue weighted by atomic mass is 32.2. The Bertz CT molecular complexity index is 1380. The lowest BCUT2D eigenvalue weighted by atomic mass is 9.82. The van der Waals surface area contributed by atoms with Gasteiger partial charge in [0.15, 0.2) is 11.4 Å². The van der Waals surface area contributed by atoms with Gasteiger partial charge in [0.1, 0.15) is 11.9 Å². The van der Waals surface area contributed by atoms with Crippen molar-refractivity contribution >= 4 is 16.0 Å². The molecule has 35 heavy (non-hydrogen) atoms. The molecule has 0 bridgehead atoms. The number of rotatable bonds is 7. The predicted octanol–water partition coefficient (Wildman–Crippen LogP) is 2.40. The molecular weight excluding hydrogens is 477 g/mol. The second kappa shape index (κ2) is 9.96. The summed E-state index contributed by atoms with van der Waals surface area (Å²) < 4.78 is 44.6. The fraction of sp³-hybridized carbons (Fsp3) is 0.292. The lowest BCUT2D eigenvalue weighted by Gasteiger charge is -2.36. The van der Waals surface area contributed by atoms with E-state index in [0.29, 0.717) is 24.0 Å². The van der Waals surface area contributed by atoms with Crippen molar-refractivity contribution in [1.29, 1.82) is 0 Å². The molecule has 184 valence electrons. The number of aromatic amines is 1. The number of hydrogen-bond donors (Lipinski definition) is 2. The van der Waals surface area contributed by atoms with Gasteiger partial charge in [-0.15, -0.1) is 0 Å². The number of nitrogens with zero attached hydrogens (tertiary/aromatic N) is 2. The third kappa shape index (κ3) is 5.41. The summed E-state index contributed by atoms with van der Waals surface area (Å²) in [7, 11) is -4.01. The standard InChI is InChI=1S/C24H24FN3O6S/c1-35(32,33)34-23(20(15-7-3-2-4-8-15)16-9-5-10-17(25)13-16)18-11-6-12-28(18)24(31)21-22(30)19(29)14-26-27-21/h2-5,7-10,13-14,18,20,23H,6,11-12H2,1H3,(H,26,30)(H,27,29)/t18-,20-,23+/m1/s1. The summed E-state index contributed by atoms with van der Waals surface area (Å²) in [6.45, 7) is 0.230. The van der Waals surface area contributed by atoms with Crippen molar-refractivity contribution in [2.24, 2.45) is 0 Å². The molecule has 1 aliphatic heterocycles. The van der Waals surface area contributed by atoms with Crippen LogP contribution in [0.3, 0.4) is 0 Å². The van der Waals surface area contributed by atoms with E-state index in [9.17, 15) is 27.5 Å². The SMILES string of the molecule is CS(=O)(=O)O[C@H]([C@H](c1ccccc1)c1cccc(F)c1)[C@H]1CCCN1C(=O)c1[nH]ncc(=O)c1O. The lowest BCUT2D eigenvalue weighted by Crippen LogP contribution is -2.47. The van der Waals surface area contributed by atoms with E-state index in [1.54, 1.807) is 36.4 Å². The van der Waals surface area contributed by atoms with Crippen molar-refractivity contribution in [2.75, 3.05) is 12.8 Å². The van der Waals surface area contributed by atoms with E-state index in [-0.39, 0.29) is 6.54 Å². The Morgan fingerprint density at radius 1 is 1.20 bits per heavy atom. The topological polar surface area (TPSA) is 130 Å². The number of H-pyrrole nitrogens is 1. The average Bonchev–Trinajstić information content (AvgIpc) is 3.30. The van der Waals surface area contributed by atoms with Gasteiger partial charge in [0.2, 0.25) is 5.43 Å². The van der Waals surface area contributed by atoms with Crippen LogP contribution in [0, 0.1) is 5.82 Å². The van der Waals surface area contributed by atoms with Gasteiger partial charge in [-0.05, 0) is 36.1 Å². The highest BCUT2D eigenvalue weighted by Gasteiger charge is 2.43. The highest BCUT2D eigenvalue weighted by molar-refractivity contribution is 7.86. The molecule has 1 aromatic heterocycles. The number of nitrogens with one attached hydrogen (secondary N) is 1. The zero-order valence-electron chi connectivity index (χ0n) is 18.8. The largest absolute Gasteiger partial charge is 0.502 e. The zero-order valence-corrected chi connectivity index (χ0v) is 19.6. The molecule has 0 unspecified atom stereocenters. The van der Waals surface area contributed by atoms with Gasteiger partial charge < -0.3 is 10.0 Å². The van der Waals surface area contributed by atoms with Crippen LogP contribution in [0.15, 0.2) is 65.6 Å². The number of amides is 1. The van der Waals surface area contributed by atoms with E-state index in [1.807, 2.05) is 0 Å². The quantitative estimate of drug-likeness (QED) is 0.476. The normalized spacial score (nSPS) is 17.8. The number of hydrogen-bond acceptors (Lipinski definition) is 7. The van der Waals surface area contributed by atoms with Crippen LogP contribution in [0.25, 0.3) is 0 Å². The summed E-state index contributed by atoms with van der Waals surface area (Å²) in [5.41, 5.74) is -0.0799. The third-order valence-corrected chi connectivity index (χ3v) is 6.53. The van der Waals surface area contributed by atoms with Gasteiger partial charge in [-0.3, -0.25) is 18.9 Å². The first-order valence-electron chi connectivity index (χ1n) is 10.9. The number of carbonyl (C=O) groups excluding carboxylic acids is 1. The summed E-state index contributed by atoms with van der Waals surface area (Å²) in [6, 6.07) is 13.9. The Kier molecular flexibility index (Phi) is 6.99. The van der Waals surface area contributed by atoms with Crippen molar-refractivity contribution in [2.45, 2.75) is 30.9 Å². The van der Waals surface area contributed by atoms with Gasteiger partial charge in [-0.1, -0.05) is 42.5 Å². The van der Waals surface area contributed by atoms with Crippen molar-refractivity contribution in [1.82, 2.24) is 15.1 Å². The van der Waals surface area contributed by atoms with Crippen LogP contribution in [0.4, 0.5) is 4.39 Å². The second-order valence-electron chi connectivity index (χ2n) is 8.37. The number of aromatic nitrogens is 2. The van der Waals surface area contributed by atoms with E-state index < -0.39 is 56.8 Å². The smallest absolute Gasteiger partial charge is 0.276 e. The molecule has 1 fully saturated rings. The maximum Gasteiger partial charge on any atom is 0.276 e. The molecule has 3 aromatic rings. The van der Waals surface area contributed by atoms with Crippen molar-refractivity contribution in [3.63, 3.8) is 0 Å². The maximum absolute atomic E-state index is 14.2. The second-order valence-corrected chi connectivity index (χ2v) is 9.98. The molecule has 3 atom stereocenters. The first kappa shape index (κ1) is 24.6. The summed E-state index contributed by atoms with van der Waals surface area (Å²) >= 11 is 0. The van der Waals surface area contributed by atoms with Crippen molar-refractivity contribution in [3.8, 4) is 5.75 Å². The Balaban J connectivity index is 1.83. The van der Waals surface area contributed by atoms with Gasteiger partial charge in [0, 0.05) is 12.5 Å². The lowest BCUT2D eigenvalue weighted by molar-refractivity contribution is 0.0526. The van der Waals surface area contributed by atoms with Crippen LogP contribution in [0.1, 0.15) is 40.4 Å². The van der Waals surface area contributed by atoms with Crippen LogP contribution in [0.2, 0.25) is 0 Å². The Morgan fingerprint density at radius 3 is 2.60 bits per heavy atom. The summed E-state index contributed by atoms with van der Waals surface area (Å²) in [4.78, 5) is 26.5. The van der Waals surface area contributed by atoms with E-state index in [0.717, 1.165) is 12.5 Å². The minimum Gasteiger partial charge on any atom is -0.502 e. The van der Waals surface area contributed by atoms with Crippen LogP contribution >= 0.6 is 0 Å². The van der Waals surface area contributed by atoms with E-state index >= 15 is 0 Å². The van der Waals surface area contributed by atoms with Gasteiger partial charge >= 0.3 is 0 Å². The summed E-state index contributed by atoms with van der Waals surface area (Å²) in [5.74, 6) is -2.75. The van der Waals surface area contributed by atoms with Gasteiger partial charge in [0.05, 0.1) is 18.5 Å². The van der Waals surface area contributed by atoms with Crippen LogP contribution in [-0.4, -0.2) is 59.5 Å². The number of halogens is 1. The average molecular weight is 502 g/mol. The molecule has 2 heterocycles. The molecule has 1 saturated heterocycles. The van der Waals surface area contributed by atoms with E-state index in [2.05, 4.69) is 10.2 Å². The Morgan fingerprint density at radius 2 is 1.91 bits per heavy atom. The van der Waals surface area contributed by atoms with Crippen LogP contribution < -0.4 is 5.43 Å². The molecule has 1 aliphatic rings. The first-order valence-corrected chi connectivity index (χ1v) is 12.7. The van der Waals surface area contributed by atoms with Gasteiger partial charge in [-0.25, -0.2) is 4.39 Å². The zero-order chi connectivity index (χ0) is 25.2. The minimum atomic E-state index is -4.01.